The third-order valence-corrected chi connectivity index (χ3v) is 3.95. The Balaban J connectivity index is 1.84. The molecule has 1 atom stereocenters. The molecule has 0 heterocycles. The summed E-state index contributed by atoms with van der Waals surface area (Å²) in [7, 11) is 0. The zero-order chi connectivity index (χ0) is 19.1. The molecule has 7 nitrogen and oxygen atoms in total. The van der Waals surface area contributed by atoms with Crippen molar-refractivity contribution in [3.63, 3.8) is 0 Å². The van der Waals surface area contributed by atoms with Gasteiger partial charge in [0.2, 0.25) is 0 Å². The van der Waals surface area contributed by atoms with Gasteiger partial charge in [-0.15, -0.1) is 0 Å². The van der Waals surface area contributed by atoms with Gasteiger partial charge in [0.1, 0.15) is 0 Å². The summed E-state index contributed by atoms with van der Waals surface area (Å²) in [5.41, 5.74) is 1.41. The van der Waals surface area contributed by atoms with Gasteiger partial charge in [-0.25, -0.2) is 4.79 Å². The van der Waals surface area contributed by atoms with Crippen LogP contribution in [-0.4, -0.2) is 30.0 Å². The molecule has 26 heavy (non-hydrogen) atoms. The lowest BCUT2D eigenvalue weighted by molar-refractivity contribution is -0.385. The van der Waals surface area contributed by atoms with Crippen LogP contribution in [0.1, 0.15) is 34.3 Å². The zero-order valence-electron chi connectivity index (χ0n) is 14.6. The van der Waals surface area contributed by atoms with Crippen molar-refractivity contribution in [2.45, 2.75) is 19.8 Å². The third-order valence-electron chi connectivity index (χ3n) is 3.95. The molecule has 0 aliphatic rings. The van der Waals surface area contributed by atoms with Crippen molar-refractivity contribution in [1.82, 2.24) is 5.32 Å². The topological polar surface area (TPSA) is 98.5 Å². The van der Waals surface area contributed by atoms with Gasteiger partial charge in [-0.05, 0) is 24.5 Å². The highest BCUT2D eigenvalue weighted by Gasteiger charge is 2.17. The summed E-state index contributed by atoms with van der Waals surface area (Å²) in [6, 6.07) is 13.8. The molecule has 0 unspecified atom stereocenters. The first kappa shape index (κ1) is 19.1. The minimum atomic E-state index is -0.778. The number of carbonyl (C=O) groups excluding carboxylic acids is 2. The normalized spacial score (nSPS) is 11.5. The average Bonchev–Trinajstić information content (AvgIpc) is 2.64. The van der Waals surface area contributed by atoms with Crippen LogP contribution >= 0.6 is 0 Å². The summed E-state index contributed by atoms with van der Waals surface area (Å²) in [5, 5.41) is 13.6. The monoisotopic (exact) mass is 356 g/mol. The van der Waals surface area contributed by atoms with Gasteiger partial charge < -0.3 is 10.1 Å². The van der Waals surface area contributed by atoms with Crippen molar-refractivity contribution in [1.29, 1.82) is 0 Å². The number of nitro benzene ring substituents is 1. The number of hydrogen-bond donors (Lipinski definition) is 1. The molecule has 2 rings (SSSR count). The average molecular weight is 356 g/mol. The molecule has 136 valence electrons. The van der Waals surface area contributed by atoms with Crippen molar-refractivity contribution in [3.05, 3.63) is 75.3 Å². The molecule has 0 radical (unpaired) electrons. The number of rotatable bonds is 7. The van der Waals surface area contributed by atoms with Gasteiger partial charge in [0, 0.05) is 18.2 Å². The molecule has 0 aliphatic heterocycles. The fraction of sp³-hybridized carbons (Fsp3) is 0.263. The highest BCUT2D eigenvalue weighted by molar-refractivity contribution is 5.92. The number of nitrogens with zero attached hydrogens (tertiary/aromatic N) is 1. The van der Waals surface area contributed by atoms with E-state index in [9.17, 15) is 19.7 Å². The van der Waals surface area contributed by atoms with E-state index in [1.807, 2.05) is 37.3 Å². The molecule has 0 bridgehead atoms. The molecule has 2 aromatic carbocycles. The Hall–Kier alpha value is -3.22. The molecule has 1 N–H and O–H groups in total. The quantitative estimate of drug-likeness (QED) is 0.467. The molecule has 0 aromatic heterocycles. The van der Waals surface area contributed by atoms with Crippen LogP contribution in [0, 0.1) is 17.0 Å². The van der Waals surface area contributed by atoms with E-state index in [2.05, 4.69) is 5.32 Å². The highest BCUT2D eigenvalue weighted by atomic mass is 16.6. The maximum absolute atomic E-state index is 12.0. The van der Waals surface area contributed by atoms with Gasteiger partial charge in [-0.2, -0.15) is 0 Å². The van der Waals surface area contributed by atoms with Gasteiger partial charge in [0.25, 0.3) is 11.6 Å². The number of esters is 1. The second-order valence-electron chi connectivity index (χ2n) is 5.95. The Bertz CT molecular complexity index is 805. The summed E-state index contributed by atoms with van der Waals surface area (Å²) >= 11 is 0. The summed E-state index contributed by atoms with van der Waals surface area (Å²) in [4.78, 5) is 34.2. The number of amides is 1. The first-order valence-corrected chi connectivity index (χ1v) is 8.12. The van der Waals surface area contributed by atoms with Gasteiger partial charge >= 0.3 is 5.97 Å². The predicted octanol–water partition coefficient (Wildman–Crippen LogP) is 2.98. The number of benzene rings is 2. The summed E-state index contributed by atoms with van der Waals surface area (Å²) in [6.07, 6.45) is 0. The van der Waals surface area contributed by atoms with Crippen LogP contribution in [0.5, 0.6) is 0 Å². The van der Waals surface area contributed by atoms with E-state index < -0.39 is 23.4 Å². The minimum absolute atomic E-state index is 0.0350. The Morgan fingerprint density at radius 2 is 1.88 bits per heavy atom. The second kappa shape index (κ2) is 8.75. The van der Waals surface area contributed by atoms with E-state index in [0.717, 1.165) is 11.6 Å². The molecule has 0 fully saturated rings. The Morgan fingerprint density at radius 3 is 2.54 bits per heavy atom. The molecule has 1 amide bonds. The van der Waals surface area contributed by atoms with Crippen molar-refractivity contribution in [2.75, 3.05) is 13.2 Å². The molecule has 7 heteroatoms. The maximum Gasteiger partial charge on any atom is 0.338 e. The fourth-order valence-electron chi connectivity index (χ4n) is 2.36. The van der Waals surface area contributed by atoms with E-state index >= 15 is 0 Å². The van der Waals surface area contributed by atoms with E-state index in [0.29, 0.717) is 12.1 Å². The Labute approximate surface area is 151 Å². The molecule has 0 aliphatic carbocycles. The van der Waals surface area contributed by atoms with Crippen LogP contribution in [0.4, 0.5) is 5.69 Å². The maximum atomic E-state index is 12.0. The number of aryl methyl sites for hydroxylation is 1. The van der Waals surface area contributed by atoms with E-state index in [-0.39, 0.29) is 17.2 Å². The van der Waals surface area contributed by atoms with E-state index in [1.165, 1.54) is 12.1 Å². The third kappa shape index (κ3) is 5.14. The summed E-state index contributed by atoms with van der Waals surface area (Å²) in [5.74, 6) is -1.09. The van der Waals surface area contributed by atoms with Crippen molar-refractivity contribution < 1.29 is 19.2 Å². The van der Waals surface area contributed by atoms with E-state index in [4.69, 9.17) is 4.74 Å². The number of ether oxygens (including phenoxy) is 1. The minimum Gasteiger partial charge on any atom is -0.452 e. The van der Waals surface area contributed by atoms with Crippen LogP contribution in [0.15, 0.2) is 48.5 Å². The molecule has 0 saturated heterocycles. The smallest absolute Gasteiger partial charge is 0.338 e. The largest absolute Gasteiger partial charge is 0.452 e. The molecule has 0 spiro atoms. The number of hydrogen-bond acceptors (Lipinski definition) is 5. The van der Waals surface area contributed by atoms with Gasteiger partial charge in [-0.3, -0.25) is 14.9 Å². The standard InChI is InChI=1S/C19H20N2O5/c1-13-8-9-16(10-17(13)21(24)25)19(23)26-12-18(22)20-11-14(2)15-6-4-3-5-7-15/h3-10,14H,11-12H2,1-2H3,(H,20,22)/t14-/m1/s1. The second-order valence-corrected chi connectivity index (χ2v) is 5.95. The highest BCUT2D eigenvalue weighted by Crippen LogP contribution is 2.19. The fourth-order valence-corrected chi connectivity index (χ4v) is 2.36. The van der Waals surface area contributed by atoms with Gasteiger partial charge in [0.05, 0.1) is 10.5 Å². The van der Waals surface area contributed by atoms with Crippen molar-refractivity contribution in [3.8, 4) is 0 Å². The molecule has 0 saturated carbocycles. The van der Waals surface area contributed by atoms with Gasteiger partial charge in [0.15, 0.2) is 6.61 Å². The Morgan fingerprint density at radius 1 is 1.19 bits per heavy atom. The lowest BCUT2D eigenvalue weighted by Crippen LogP contribution is -2.31. The Kier molecular flexibility index (Phi) is 6.43. The zero-order valence-corrected chi connectivity index (χ0v) is 14.6. The van der Waals surface area contributed by atoms with Crippen LogP contribution in [0.25, 0.3) is 0 Å². The lowest BCUT2D eigenvalue weighted by Gasteiger charge is -2.13. The molecular weight excluding hydrogens is 336 g/mol. The molecule has 2 aromatic rings. The number of nitrogens with one attached hydrogen (secondary N) is 1. The SMILES string of the molecule is Cc1ccc(C(=O)OCC(=O)NC[C@@H](C)c2ccccc2)cc1[N+](=O)[O-]. The summed E-state index contributed by atoms with van der Waals surface area (Å²) < 4.78 is 4.93. The number of carbonyl (C=O) groups is 2. The van der Waals surface area contributed by atoms with Gasteiger partial charge in [-0.1, -0.05) is 43.3 Å². The summed E-state index contributed by atoms with van der Waals surface area (Å²) in [6.45, 7) is 3.53. The predicted molar refractivity (Wildman–Crippen MR) is 96.0 cm³/mol. The van der Waals surface area contributed by atoms with Crippen molar-refractivity contribution in [2.24, 2.45) is 0 Å². The van der Waals surface area contributed by atoms with E-state index in [1.54, 1.807) is 6.92 Å². The lowest BCUT2D eigenvalue weighted by atomic mass is 10.0. The van der Waals surface area contributed by atoms with Crippen molar-refractivity contribution >= 4 is 17.6 Å². The van der Waals surface area contributed by atoms with Crippen LogP contribution < -0.4 is 5.32 Å². The van der Waals surface area contributed by atoms with Crippen LogP contribution in [0.2, 0.25) is 0 Å². The first-order chi connectivity index (χ1) is 12.4. The first-order valence-electron chi connectivity index (χ1n) is 8.12. The number of nitro groups is 1. The van der Waals surface area contributed by atoms with Crippen LogP contribution in [0.3, 0.4) is 0 Å². The van der Waals surface area contributed by atoms with Crippen LogP contribution in [-0.2, 0) is 9.53 Å². The molecular formula is C19H20N2O5.